The molecule has 10 heteroatoms. The van der Waals surface area contributed by atoms with Gasteiger partial charge in [0.15, 0.2) is 0 Å². The highest BCUT2D eigenvalue weighted by atomic mass is 35.5. The second kappa shape index (κ2) is 11.7. The first kappa shape index (κ1) is 26.6. The molecule has 3 amide bonds. The van der Waals surface area contributed by atoms with Crippen LogP contribution >= 0.6 is 11.6 Å². The van der Waals surface area contributed by atoms with E-state index in [2.05, 4.69) is 10.2 Å². The Labute approximate surface area is 220 Å². The molecule has 1 fully saturated rings. The predicted molar refractivity (Wildman–Crippen MR) is 138 cm³/mol. The van der Waals surface area contributed by atoms with E-state index in [9.17, 15) is 18.8 Å². The second-order valence-corrected chi connectivity index (χ2v) is 9.44. The Balaban J connectivity index is 1.59. The van der Waals surface area contributed by atoms with Crippen molar-refractivity contribution in [3.05, 3.63) is 81.8 Å². The number of amides is 3. The van der Waals surface area contributed by atoms with Crippen molar-refractivity contribution in [2.45, 2.75) is 19.4 Å². The van der Waals surface area contributed by atoms with Gasteiger partial charge in [-0.15, -0.1) is 0 Å². The van der Waals surface area contributed by atoms with Crippen LogP contribution in [0.25, 0.3) is 0 Å². The summed E-state index contributed by atoms with van der Waals surface area (Å²) in [6.45, 7) is 4.48. The summed E-state index contributed by atoms with van der Waals surface area (Å²) in [5.74, 6) is -1.09. The van der Waals surface area contributed by atoms with Crippen molar-refractivity contribution in [3.8, 4) is 0 Å². The lowest BCUT2D eigenvalue weighted by Gasteiger charge is -2.36. The molecule has 1 saturated heterocycles. The molecule has 0 bridgehead atoms. The molecule has 4 rings (SSSR count). The van der Waals surface area contributed by atoms with Gasteiger partial charge in [0.2, 0.25) is 0 Å². The second-order valence-electron chi connectivity index (χ2n) is 9.01. The van der Waals surface area contributed by atoms with E-state index >= 15 is 0 Å². The van der Waals surface area contributed by atoms with Gasteiger partial charge in [-0.05, 0) is 55.3 Å². The Kier molecular flexibility index (Phi) is 8.45. The molecule has 196 valence electrons. The van der Waals surface area contributed by atoms with E-state index in [0.717, 1.165) is 6.42 Å². The minimum absolute atomic E-state index is 0.0646. The van der Waals surface area contributed by atoms with E-state index in [1.807, 2.05) is 0 Å². The lowest BCUT2D eigenvalue weighted by Crippen LogP contribution is -2.49. The van der Waals surface area contributed by atoms with Crippen molar-refractivity contribution in [2.24, 2.45) is 0 Å². The van der Waals surface area contributed by atoms with E-state index in [1.165, 1.54) is 17.0 Å². The van der Waals surface area contributed by atoms with E-state index in [0.29, 0.717) is 54.6 Å². The van der Waals surface area contributed by atoms with Crippen LogP contribution in [0.2, 0.25) is 5.02 Å². The normalized spacial score (nSPS) is 18.9. The molecule has 0 aliphatic carbocycles. The summed E-state index contributed by atoms with van der Waals surface area (Å²) in [6.07, 6.45) is 0.727. The van der Waals surface area contributed by atoms with Crippen molar-refractivity contribution in [3.63, 3.8) is 0 Å². The van der Waals surface area contributed by atoms with Crippen LogP contribution in [0, 0.1) is 5.82 Å². The minimum Gasteiger partial charge on any atom is -0.463 e. The lowest BCUT2D eigenvalue weighted by atomic mass is 9.94. The molecule has 1 atom stereocenters. The van der Waals surface area contributed by atoms with Gasteiger partial charge in [0.1, 0.15) is 5.82 Å². The van der Waals surface area contributed by atoms with Crippen LogP contribution in [0.4, 0.5) is 9.18 Å². The van der Waals surface area contributed by atoms with Crippen LogP contribution in [0.15, 0.2) is 59.8 Å². The maximum absolute atomic E-state index is 14.0. The third-order valence-electron chi connectivity index (χ3n) is 6.59. The fraction of sp³-hybridized carbons (Fsp3) is 0.370. The summed E-state index contributed by atoms with van der Waals surface area (Å²) in [6, 6.07) is 11.4. The topological polar surface area (TPSA) is 82.2 Å². The Bertz CT molecular complexity index is 1200. The average molecular weight is 529 g/mol. The molecular formula is C27H30ClFN4O4. The maximum Gasteiger partial charge on any atom is 0.338 e. The molecule has 0 radical (unpaired) electrons. The summed E-state index contributed by atoms with van der Waals surface area (Å²) >= 11 is 5.95. The van der Waals surface area contributed by atoms with Gasteiger partial charge in [0.05, 0.1) is 18.2 Å². The quantitative estimate of drug-likeness (QED) is 0.576. The largest absolute Gasteiger partial charge is 0.463 e. The van der Waals surface area contributed by atoms with Crippen LogP contribution < -0.4 is 5.32 Å². The number of likely N-dealkylation sites (N-methyl/N-ethyl adjacent to an activating group) is 1. The third kappa shape index (κ3) is 6.11. The zero-order valence-electron chi connectivity index (χ0n) is 20.9. The van der Waals surface area contributed by atoms with Gasteiger partial charge in [0.25, 0.3) is 5.91 Å². The van der Waals surface area contributed by atoms with Crippen LogP contribution in [0.1, 0.15) is 35.3 Å². The number of urea groups is 1. The van der Waals surface area contributed by atoms with Crippen LogP contribution in [-0.4, -0.2) is 79.0 Å². The van der Waals surface area contributed by atoms with Crippen molar-refractivity contribution < 1.29 is 23.5 Å². The highest BCUT2D eigenvalue weighted by molar-refractivity contribution is 6.30. The molecule has 2 aromatic carbocycles. The average Bonchev–Trinajstić information content (AvgIpc) is 3.12. The number of carbonyl (C=O) groups excluding carboxylic acids is 3. The monoisotopic (exact) mass is 528 g/mol. The molecule has 0 aromatic heterocycles. The SMILES string of the molecule is CCOC(=O)C1=C(CN2CCCN(C(=O)c3ccc(Cl)cc3)CC2)N(C)C(=O)NC1c1cccc(F)c1. The number of benzene rings is 2. The number of hydrogen-bond donors (Lipinski definition) is 1. The summed E-state index contributed by atoms with van der Waals surface area (Å²) in [5, 5.41) is 3.37. The first-order valence-electron chi connectivity index (χ1n) is 12.3. The highest BCUT2D eigenvalue weighted by Crippen LogP contribution is 2.32. The highest BCUT2D eigenvalue weighted by Gasteiger charge is 2.37. The maximum atomic E-state index is 14.0. The lowest BCUT2D eigenvalue weighted by molar-refractivity contribution is -0.139. The van der Waals surface area contributed by atoms with Gasteiger partial charge < -0.3 is 15.0 Å². The number of halogens is 2. The summed E-state index contributed by atoms with van der Waals surface area (Å²) < 4.78 is 19.4. The molecule has 2 aromatic rings. The van der Waals surface area contributed by atoms with Crippen molar-refractivity contribution >= 4 is 29.5 Å². The van der Waals surface area contributed by atoms with Gasteiger partial charge >= 0.3 is 12.0 Å². The van der Waals surface area contributed by atoms with Gasteiger partial charge in [-0.25, -0.2) is 14.0 Å². The molecular weight excluding hydrogens is 499 g/mol. The van der Waals surface area contributed by atoms with Crippen LogP contribution in [0.3, 0.4) is 0 Å². The Morgan fingerprint density at radius 1 is 1.11 bits per heavy atom. The zero-order chi connectivity index (χ0) is 26.5. The van der Waals surface area contributed by atoms with Gasteiger partial charge in [-0.1, -0.05) is 23.7 Å². The molecule has 2 aliphatic heterocycles. The number of carbonyl (C=O) groups is 3. The first-order chi connectivity index (χ1) is 17.8. The number of rotatable bonds is 6. The van der Waals surface area contributed by atoms with Gasteiger partial charge in [-0.3, -0.25) is 14.6 Å². The van der Waals surface area contributed by atoms with Crippen molar-refractivity contribution in [1.29, 1.82) is 0 Å². The van der Waals surface area contributed by atoms with Crippen LogP contribution in [0.5, 0.6) is 0 Å². The molecule has 0 spiro atoms. The van der Waals surface area contributed by atoms with Crippen molar-refractivity contribution in [2.75, 3.05) is 46.4 Å². The number of nitrogens with one attached hydrogen (secondary N) is 1. The molecule has 8 nitrogen and oxygen atoms in total. The van der Waals surface area contributed by atoms with E-state index in [1.54, 1.807) is 55.3 Å². The number of hydrogen-bond acceptors (Lipinski definition) is 5. The summed E-state index contributed by atoms with van der Waals surface area (Å²) in [5.41, 5.74) is 1.80. The van der Waals surface area contributed by atoms with E-state index in [-0.39, 0.29) is 18.1 Å². The van der Waals surface area contributed by atoms with Crippen molar-refractivity contribution in [1.82, 2.24) is 20.0 Å². The zero-order valence-corrected chi connectivity index (χ0v) is 21.6. The number of nitrogens with zero attached hydrogens (tertiary/aromatic N) is 3. The number of ether oxygens (including phenoxy) is 1. The molecule has 1 unspecified atom stereocenters. The van der Waals surface area contributed by atoms with E-state index in [4.69, 9.17) is 16.3 Å². The molecule has 1 N–H and O–H groups in total. The third-order valence-corrected chi connectivity index (χ3v) is 6.85. The standard InChI is InChI=1S/C27H30ClFN4O4/c1-3-37-26(35)23-22(31(2)27(36)30-24(23)19-6-4-7-21(29)16-19)17-32-12-5-13-33(15-14-32)25(34)18-8-10-20(28)11-9-18/h4,6-11,16,24H,3,5,12-15,17H2,1-2H3,(H,30,36). The molecule has 2 heterocycles. The predicted octanol–water partition coefficient (Wildman–Crippen LogP) is 3.84. The fourth-order valence-corrected chi connectivity index (χ4v) is 4.78. The Hall–Kier alpha value is -3.43. The summed E-state index contributed by atoms with van der Waals surface area (Å²) in [4.78, 5) is 44.3. The number of esters is 1. The van der Waals surface area contributed by atoms with E-state index < -0.39 is 23.9 Å². The first-order valence-corrected chi connectivity index (χ1v) is 12.6. The molecule has 0 saturated carbocycles. The Morgan fingerprint density at radius 3 is 2.57 bits per heavy atom. The minimum atomic E-state index is -0.844. The van der Waals surface area contributed by atoms with Gasteiger partial charge in [0, 0.05) is 56.1 Å². The summed E-state index contributed by atoms with van der Waals surface area (Å²) in [7, 11) is 1.60. The molecule has 2 aliphatic rings. The molecule has 37 heavy (non-hydrogen) atoms. The Morgan fingerprint density at radius 2 is 1.86 bits per heavy atom. The smallest absolute Gasteiger partial charge is 0.338 e. The van der Waals surface area contributed by atoms with Gasteiger partial charge in [-0.2, -0.15) is 0 Å². The van der Waals surface area contributed by atoms with Crippen LogP contribution in [-0.2, 0) is 9.53 Å². The fourth-order valence-electron chi connectivity index (χ4n) is 4.65.